The highest BCUT2D eigenvalue weighted by molar-refractivity contribution is 7.91. The molecule has 0 spiro atoms. The van der Waals surface area contributed by atoms with Crippen molar-refractivity contribution in [2.45, 2.75) is 25.8 Å². The molecule has 0 saturated carbocycles. The van der Waals surface area contributed by atoms with Crippen LogP contribution in [0.2, 0.25) is 0 Å². The summed E-state index contributed by atoms with van der Waals surface area (Å²) in [5.74, 6) is 0.272. The van der Waals surface area contributed by atoms with Gasteiger partial charge in [0.2, 0.25) is 5.91 Å². The molecule has 1 aromatic carbocycles. The summed E-state index contributed by atoms with van der Waals surface area (Å²) in [6, 6.07) is 7.82. The van der Waals surface area contributed by atoms with Crippen molar-refractivity contribution >= 4 is 21.4 Å². The Labute approximate surface area is 126 Å². The molecule has 1 aliphatic heterocycles. The van der Waals surface area contributed by atoms with Crippen molar-refractivity contribution in [2.75, 3.05) is 30.4 Å². The van der Waals surface area contributed by atoms with E-state index >= 15 is 0 Å². The van der Waals surface area contributed by atoms with Crippen LogP contribution in [0.5, 0.6) is 0 Å². The van der Waals surface area contributed by atoms with E-state index in [1.807, 2.05) is 31.2 Å². The number of rotatable bonds is 5. The molecule has 0 aliphatic carbocycles. The quantitative estimate of drug-likeness (QED) is 0.894. The highest BCUT2D eigenvalue weighted by Crippen LogP contribution is 2.17. The zero-order valence-electron chi connectivity index (χ0n) is 12.5. The van der Waals surface area contributed by atoms with Crippen LogP contribution in [0.4, 0.5) is 5.69 Å². The minimum atomic E-state index is -2.95. The fourth-order valence-electron chi connectivity index (χ4n) is 2.45. The molecule has 1 amide bonds. The number of sulfone groups is 1. The lowest BCUT2D eigenvalue weighted by Gasteiger charge is -2.23. The summed E-state index contributed by atoms with van der Waals surface area (Å²) in [6.07, 6.45) is 0.914. The van der Waals surface area contributed by atoms with E-state index in [2.05, 4.69) is 5.32 Å². The fraction of sp³-hybridized carbons (Fsp3) is 0.533. The molecule has 1 heterocycles. The zero-order valence-corrected chi connectivity index (χ0v) is 13.3. The van der Waals surface area contributed by atoms with Gasteiger partial charge in [-0.1, -0.05) is 17.7 Å². The Bertz CT molecular complexity index is 596. The van der Waals surface area contributed by atoms with Crippen LogP contribution in [-0.2, 0) is 14.6 Å². The first-order valence-electron chi connectivity index (χ1n) is 7.14. The lowest BCUT2D eigenvalue weighted by Crippen LogP contribution is -2.38. The molecule has 1 N–H and O–H groups in total. The van der Waals surface area contributed by atoms with Crippen molar-refractivity contribution in [3.8, 4) is 0 Å². The molecule has 0 radical (unpaired) electrons. The maximum Gasteiger partial charge on any atom is 0.224 e. The van der Waals surface area contributed by atoms with Crippen molar-refractivity contribution < 1.29 is 13.2 Å². The molecular weight excluding hydrogens is 288 g/mol. The van der Waals surface area contributed by atoms with Gasteiger partial charge in [0.1, 0.15) is 0 Å². The van der Waals surface area contributed by atoms with Gasteiger partial charge in [-0.25, -0.2) is 8.42 Å². The van der Waals surface area contributed by atoms with Crippen LogP contribution in [0, 0.1) is 6.92 Å². The Morgan fingerprint density at radius 2 is 2.00 bits per heavy atom. The predicted octanol–water partition coefficient (Wildman–Crippen LogP) is 1.44. The third kappa shape index (κ3) is 4.46. The third-order valence-corrected chi connectivity index (χ3v) is 5.62. The number of hydrogen-bond donors (Lipinski definition) is 1. The van der Waals surface area contributed by atoms with Gasteiger partial charge in [-0.2, -0.15) is 0 Å². The molecule has 1 unspecified atom stereocenters. The molecule has 5 nitrogen and oxygen atoms in total. The largest absolute Gasteiger partial charge is 0.385 e. The number of anilines is 1. The molecule has 6 heteroatoms. The van der Waals surface area contributed by atoms with E-state index < -0.39 is 9.84 Å². The van der Waals surface area contributed by atoms with Gasteiger partial charge in [-0.05, 0) is 25.5 Å². The van der Waals surface area contributed by atoms with Crippen molar-refractivity contribution in [1.29, 1.82) is 0 Å². The van der Waals surface area contributed by atoms with E-state index in [9.17, 15) is 13.2 Å². The molecule has 2 rings (SSSR count). The van der Waals surface area contributed by atoms with Crippen LogP contribution in [0.25, 0.3) is 0 Å². The Morgan fingerprint density at radius 1 is 1.33 bits per heavy atom. The van der Waals surface area contributed by atoms with Crippen LogP contribution < -0.4 is 5.32 Å². The summed E-state index contributed by atoms with van der Waals surface area (Å²) in [6.45, 7) is 2.57. The number of amides is 1. The van der Waals surface area contributed by atoms with Gasteiger partial charge in [-0.15, -0.1) is 0 Å². The Kier molecular flexibility index (Phi) is 4.88. The molecular formula is C15H22N2O3S. The number of nitrogens with one attached hydrogen (secondary N) is 1. The van der Waals surface area contributed by atoms with Crippen LogP contribution >= 0.6 is 0 Å². The maximum atomic E-state index is 12.1. The first-order valence-corrected chi connectivity index (χ1v) is 8.96. The van der Waals surface area contributed by atoms with Crippen molar-refractivity contribution in [3.05, 3.63) is 29.8 Å². The van der Waals surface area contributed by atoms with E-state index in [-0.39, 0.29) is 23.5 Å². The topological polar surface area (TPSA) is 66.5 Å². The number of carbonyl (C=O) groups excluding carboxylic acids is 1. The Balaban J connectivity index is 1.78. The van der Waals surface area contributed by atoms with Crippen molar-refractivity contribution in [1.82, 2.24) is 4.90 Å². The lowest BCUT2D eigenvalue weighted by atomic mass is 10.2. The zero-order chi connectivity index (χ0) is 15.5. The van der Waals surface area contributed by atoms with Crippen molar-refractivity contribution in [2.24, 2.45) is 0 Å². The Morgan fingerprint density at radius 3 is 2.57 bits per heavy atom. The smallest absolute Gasteiger partial charge is 0.224 e. The van der Waals surface area contributed by atoms with E-state index in [1.165, 1.54) is 5.56 Å². The molecule has 1 aromatic rings. The molecule has 1 saturated heterocycles. The van der Waals surface area contributed by atoms with Gasteiger partial charge in [0, 0.05) is 31.7 Å². The van der Waals surface area contributed by atoms with Gasteiger partial charge >= 0.3 is 0 Å². The van der Waals surface area contributed by atoms with E-state index in [1.54, 1.807) is 11.9 Å². The molecule has 0 aromatic heterocycles. The highest BCUT2D eigenvalue weighted by Gasteiger charge is 2.32. The van der Waals surface area contributed by atoms with Crippen molar-refractivity contribution in [3.63, 3.8) is 0 Å². The van der Waals surface area contributed by atoms with Gasteiger partial charge in [-0.3, -0.25) is 4.79 Å². The first kappa shape index (κ1) is 15.8. The molecule has 1 fully saturated rings. The summed E-state index contributed by atoms with van der Waals surface area (Å²) in [7, 11) is -1.26. The average Bonchev–Trinajstić information content (AvgIpc) is 2.80. The van der Waals surface area contributed by atoms with Gasteiger partial charge in [0.05, 0.1) is 11.5 Å². The van der Waals surface area contributed by atoms with Crippen LogP contribution in [0.1, 0.15) is 18.4 Å². The average molecular weight is 310 g/mol. The number of nitrogens with zero attached hydrogens (tertiary/aromatic N) is 1. The number of benzene rings is 1. The summed E-state index contributed by atoms with van der Waals surface area (Å²) in [4.78, 5) is 13.7. The minimum Gasteiger partial charge on any atom is -0.385 e. The SMILES string of the molecule is Cc1ccc(NCCC(=O)N(C)C2CCS(=O)(=O)C2)cc1. The number of aryl methyl sites for hydroxylation is 1. The molecule has 1 atom stereocenters. The number of hydrogen-bond acceptors (Lipinski definition) is 4. The molecule has 21 heavy (non-hydrogen) atoms. The summed E-state index contributed by atoms with van der Waals surface area (Å²) < 4.78 is 22.9. The molecule has 1 aliphatic rings. The third-order valence-electron chi connectivity index (χ3n) is 3.87. The molecule has 0 bridgehead atoms. The molecule has 116 valence electrons. The summed E-state index contributed by atoms with van der Waals surface area (Å²) in [5, 5.41) is 3.20. The highest BCUT2D eigenvalue weighted by atomic mass is 32.2. The van der Waals surface area contributed by atoms with Crippen LogP contribution in [0.3, 0.4) is 0 Å². The minimum absolute atomic E-state index is 0.0169. The van der Waals surface area contributed by atoms with Gasteiger partial charge in [0.25, 0.3) is 0 Å². The van der Waals surface area contributed by atoms with Gasteiger partial charge < -0.3 is 10.2 Å². The van der Waals surface area contributed by atoms with Crippen LogP contribution in [-0.4, -0.2) is 50.4 Å². The summed E-state index contributed by atoms with van der Waals surface area (Å²) in [5.41, 5.74) is 2.18. The maximum absolute atomic E-state index is 12.1. The van der Waals surface area contributed by atoms with E-state index in [0.29, 0.717) is 19.4 Å². The Hall–Kier alpha value is -1.56. The fourth-order valence-corrected chi connectivity index (χ4v) is 4.22. The second kappa shape index (κ2) is 6.47. The standard InChI is InChI=1S/C15H22N2O3S/c1-12-3-5-13(6-4-12)16-9-7-15(18)17(2)14-8-10-21(19,20)11-14/h3-6,14,16H,7-11H2,1-2H3. The van der Waals surface area contributed by atoms with E-state index in [4.69, 9.17) is 0 Å². The van der Waals surface area contributed by atoms with E-state index in [0.717, 1.165) is 5.69 Å². The second-order valence-corrected chi connectivity index (χ2v) is 7.83. The lowest BCUT2D eigenvalue weighted by molar-refractivity contribution is -0.131. The summed E-state index contributed by atoms with van der Waals surface area (Å²) >= 11 is 0. The second-order valence-electron chi connectivity index (χ2n) is 5.60. The predicted molar refractivity (Wildman–Crippen MR) is 84.1 cm³/mol. The number of carbonyl (C=O) groups is 1. The first-order chi connectivity index (χ1) is 9.87. The monoisotopic (exact) mass is 310 g/mol. The van der Waals surface area contributed by atoms with Crippen LogP contribution in [0.15, 0.2) is 24.3 Å². The normalized spacial score (nSPS) is 20.2. The van der Waals surface area contributed by atoms with Gasteiger partial charge in [0.15, 0.2) is 9.84 Å².